The summed E-state index contributed by atoms with van der Waals surface area (Å²) in [6.45, 7) is 0.258. The summed E-state index contributed by atoms with van der Waals surface area (Å²) in [5, 5.41) is 13.4. The SMILES string of the molecule is COCC(CCO)NC(C)C(=O)NCC(F)(F)F. The maximum Gasteiger partial charge on any atom is 0.405 e. The number of carbonyl (C=O) groups is 1. The first-order valence-electron chi connectivity index (χ1n) is 5.50. The van der Waals surface area contributed by atoms with Gasteiger partial charge >= 0.3 is 6.18 Å². The van der Waals surface area contributed by atoms with Crippen LogP contribution in [0.3, 0.4) is 0 Å². The van der Waals surface area contributed by atoms with E-state index in [-0.39, 0.29) is 19.3 Å². The maximum absolute atomic E-state index is 11.9. The van der Waals surface area contributed by atoms with E-state index in [0.717, 1.165) is 0 Å². The van der Waals surface area contributed by atoms with E-state index in [1.54, 1.807) is 5.32 Å². The van der Waals surface area contributed by atoms with Crippen LogP contribution in [0.1, 0.15) is 13.3 Å². The largest absolute Gasteiger partial charge is 0.405 e. The van der Waals surface area contributed by atoms with E-state index >= 15 is 0 Å². The van der Waals surface area contributed by atoms with E-state index in [1.807, 2.05) is 0 Å². The predicted octanol–water partition coefficient (Wildman–Crippen LogP) is 0.0404. The molecule has 0 bridgehead atoms. The molecule has 2 atom stereocenters. The Labute approximate surface area is 104 Å². The molecule has 0 aromatic heterocycles. The second kappa shape index (κ2) is 8.28. The lowest BCUT2D eigenvalue weighted by molar-refractivity contribution is -0.139. The molecule has 0 aromatic carbocycles. The van der Waals surface area contributed by atoms with Crippen LogP contribution in [-0.4, -0.2) is 56.1 Å². The summed E-state index contributed by atoms with van der Waals surface area (Å²) in [5.41, 5.74) is 0. The Morgan fingerprint density at radius 3 is 2.50 bits per heavy atom. The van der Waals surface area contributed by atoms with Crippen LogP contribution in [0.25, 0.3) is 0 Å². The van der Waals surface area contributed by atoms with Gasteiger partial charge in [-0.25, -0.2) is 0 Å². The predicted molar refractivity (Wildman–Crippen MR) is 59.0 cm³/mol. The molecule has 0 saturated carbocycles. The second-order valence-electron chi connectivity index (χ2n) is 3.89. The van der Waals surface area contributed by atoms with Crippen LogP contribution in [-0.2, 0) is 9.53 Å². The van der Waals surface area contributed by atoms with Crippen molar-refractivity contribution >= 4 is 5.91 Å². The first-order chi connectivity index (χ1) is 8.30. The summed E-state index contributed by atoms with van der Waals surface area (Å²) in [6.07, 6.45) is -4.07. The molecular weight excluding hydrogens is 253 g/mol. The van der Waals surface area contributed by atoms with E-state index < -0.39 is 24.7 Å². The van der Waals surface area contributed by atoms with Crippen LogP contribution < -0.4 is 10.6 Å². The van der Waals surface area contributed by atoms with Crippen molar-refractivity contribution in [3.05, 3.63) is 0 Å². The minimum Gasteiger partial charge on any atom is -0.396 e. The molecule has 0 spiro atoms. The molecule has 0 saturated heterocycles. The third kappa shape index (κ3) is 8.26. The summed E-state index contributed by atoms with van der Waals surface area (Å²) in [7, 11) is 1.46. The topological polar surface area (TPSA) is 70.6 Å². The van der Waals surface area contributed by atoms with E-state index in [1.165, 1.54) is 14.0 Å². The number of carbonyl (C=O) groups excluding carboxylic acids is 1. The first-order valence-corrected chi connectivity index (χ1v) is 5.50. The molecular formula is C10H19F3N2O3. The third-order valence-corrected chi connectivity index (χ3v) is 2.19. The average molecular weight is 272 g/mol. The molecule has 8 heteroatoms. The Bertz CT molecular complexity index is 243. The smallest absolute Gasteiger partial charge is 0.396 e. The van der Waals surface area contributed by atoms with E-state index in [4.69, 9.17) is 9.84 Å². The molecule has 0 fully saturated rings. The van der Waals surface area contributed by atoms with Crippen molar-refractivity contribution in [3.8, 4) is 0 Å². The monoisotopic (exact) mass is 272 g/mol. The minimum atomic E-state index is -4.42. The molecule has 2 unspecified atom stereocenters. The molecule has 0 heterocycles. The normalized spacial score (nSPS) is 15.2. The number of nitrogens with one attached hydrogen (secondary N) is 2. The fourth-order valence-corrected chi connectivity index (χ4v) is 1.34. The van der Waals surface area contributed by atoms with Crippen molar-refractivity contribution in [3.63, 3.8) is 0 Å². The fourth-order valence-electron chi connectivity index (χ4n) is 1.34. The first kappa shape index (κ1) is 17.1. The number of amides is 1. The van der Waals surface area contributed by atoms with Crippen molar-refractivity contribution in [2.24, 2.45) is 0 Å². The van der Waals surface area contributed by atoms with Gasteiger partial charge in [0.25, 0.3) is 0 Å². The number of aliphatic hydroxyl groups excluding tert-OH is 1. The number of hydrogen-bond acceptors (Lipinski definition) is 4. The summed E-state index contributed by atoms with van der Waals surface area (Å²) in [5.74, 6) is -0.744. The van der Waals surface area contributed by atoms with Crippen molar-refractivity contribution < 1.29 is 27.8 Å². The second-order valence-corrected chi connectivity index (χ2v) is 3.89. The zero-order valence-electron chi connectivity index (χ0n) is 10.4. The fraction of sp³-hybridized carbons (Fsp3) is 0.900. The maximum atomic E-state index is 11.9. The summed E-state index contributed by atoms with van der Waals surface area (Å²) in [6, 6.07) is -1.08. The van der Waals surface area contributed by atoms with Crippen LogP contribution in [0.2, 0.25) is 0 Å². The highest BCUT2D eigenvalue weighted by molar-refractivity contribution is 5.81. The molecule has 1 amide bonds. The van der Waals surface area contributed by atoms with Gasteiger partial charge in [0.15, 0.2) is 0 Å². The van der Waals surface area contributed by atoms with Gasteiger partial charge < -0.3 is 20.5 Å². The average Bonchev–Trinajstić information content (AvgIpc) is 2.25. The molecule has 3 N–H and O–H groups in total. The molecule has 108 valence electrons. The van der Waals surface area contributed by atoms with Gasteiger partial charge in [-0.1, -0.05) is 0 Å². The lowest BCUT2D eigenvalue weighted by atomic mass is 10.2. The van der Waals surface area contributed by atoms with E-state index in [9.17, 15) is 18.0 Å². The summed E-state index contributed by atoms with van der Waals surface area (Å²) < 4.78 is 40.6. The Kier molecular flexibility index (Phi) is 7.88. The Hall–Kier alpha value is -0.860. The summed E-state index contributed by atoms with van der Waals surface area (Å²) >= 11 is 0. The minimum absolute atomic E-state index is 0.0993. The Balaban J connectivity index is 4.11. The molecule has 0 aliphatic carbocycles. The number of rotatable bonds is 8. The Morgan fingerprint density at radius 2 is 2.06 bits per heavy atom. The zero-order chi connectivity index (χ0) is 14.2. The molecule has 0 radical (unpaired) electrons. The zero-order valence-corrected chi connectivity index (χ0v) is 10.4. The highest BCUT2D eigenvalue weighted by Gasteiger charge is 2.29. The van der Waals surface area contributed by atoms with Gasteiger partial charge in [-0.3, -0.25) is 4.79 Å². The van der Waals surface area contributed by atoms with Crippen LogP contribution in [0.5, 0.6) is 0 Å². The number of alkyl halides is 3. The van der Waals surface area contributed by atoms with Crippen LogP contribution in [0.15, 0.2) is 0 Å². The van der Waals surface area contributed by atoms with Gasteiger partial charge in [0.05, 0.1) is 12.6 Å². The lowest BCUT2D eigenvalue weighted by Gasteiger charge is -2.22. The van der Waals surface area contributed by atoms with Crippen molar-refractivity contribution in [2.45, 2.75) is 31.6 Å². The van der Waals surface area contributed by atoms with Crippen LogP contribution in [0.4, 0.5) is 13.2 Å². The van der Waals surface area contributed by atoms with Crippen LogP contribution >= 0.6 is 0 Å². The summed E-state index contributed by atoms with van der Waals surface area (Å²) in [4.78, 5) is 11.4. The highest BCUT2D eigenvalue weighted by atomic mass is 19.4. The van der Waals surface area contributed by atoms with E-state index in [2.05, 4.69) is 5.32 Å². The van der Waals surface area contributed by atoms with Crippen LogP contribution in [0, 0.1) is 0 Å². The van der Waals surface area contributed by atoms with Gasteiger partial charge in [0, 0.05) is 19.8 Å². The number of halogens is 3. The number of methoxy groups -OCH3 is 1. The van der Waals surface area contributed by atoms with E-state index in [0.29, 0.717) is 6.42 Å². The molecule has 5 nitrogen and oxygen atoms in total. The third-order valence-electron chi connectivity index (χ3n) is 2.19. The number of ether oxygens (including phenoxy) is 1. The van der Waals surface area contributed by atoms with Gasteiger partial charge in [0.2, 0.25) is 5.91 Å². The standard InChI is InChI=1S/C10H19F3N2O3/c1-7(9(17)14-6-10(11,12)13)15-8(3-4-16)5-18-2/h7-8,15-16H,3-6H2,1-2H3,(H,14,17). The number of hydrogen-bond donors (Lipinski definition) is 3. The van der Waals surface area contributed by atoms with Crippen molar-refractivity contribution in [2.75, 3.05) is 26.9 Å². The lowest BCUT2D eigenvalue weighted by Crippen LogP contribution is -2.49. The molecule has 0 aliphatic heterocycles. The highest BCUT2D eigenvalue weighted by Crippen LogP contribution is 2.12. The van der Waals surface area contributed by atoms with Gasteiger partial charge in [-0.15, -0.1) is 0 Å². The van der Waals surface area contributed by atoms with Gasteiger partial charge in [-0.2, -0.15) is 13.2 Å². The van der Waals surface area contributed by atoms with Gasteiger partial charge in [-0.05, 0) is 13.3 Å². The quantitative estimate of drug-likeness (QED) is 0.583. The molecule has 0 aromatic rings. The van der Waals surface area contributed by atoms with Gasteiger partial charge in [0.1, 0.15) is 6.54 Å². The Morgan fingerprint density at radius 1 is 1.44 bits per heavy atom. The molecule has 0 aliphatic rings. The molecule has 0 rings (SSSR count). The van der Waals surface area contributed by atoms with Crippen molar-refractivity contribution in [1.82, 2.24) is 10.6 Å². The van der Waals surface area contributed by atoms with Crippen molar-refractivity contribution in [1.29, 1.82) is 0 Å². The molecule has 18 heavy (non-hydrogen) atoms. The number of aliphatic hydroxyl groups is 1.